The Morgan fingerprint density at radius 1 is 1.33 bits per heavy atom. The van der Waals surface area contributed by atoms with Crippen molar-refractivity contribution in [2.45, 2.75) is 31.7 Å². The summed E-state index contributed by atoms with van der Waals surface area (Å²) >= 11 is 5.11. The first-order chi connectivity index (χ1) is 7.27. The molecule has 0 aromatic heterocycles. The zero-order valence-electron chi connectivity index (χ0n) is 9.15. The summed E-state index contributed by atoms with van der Waals surface area (Å²) in [5.41, 5.74) is 5.76. The van der Waals surface area contributed by atoms with Gasteiger partial charge in [-0.25, -0.2) is 0 Å². The van der Waals surface area contributed by atoms with Crippen LogP contribution in [0.15, 0.2) is 0 Å². The third kappa shape index (κ3) is 2.89. The molecule has 2 rings (SSSR count). The zero-order valence-corrected chi connectivity index (χ0v) is 9.97. The van der Waals surface area contributed by atoms with Gasteiger partial charge in [-0.05, 0) is 38.1 Å². The predicted octanol–water partition coefficient (Wildman–Crippen LogP) is 1.16. The molecule has 0 radical (unpaired) electrons. The van der Waals surface area contributed by atoms with Crippen molar-refractivity contribution >= 4 is 17.2 Å². The van der Waals surface area contributed by atoms with Crippen molar-refractivity contribution in [3.8, 4) is 0 Å². The Labute approximate surface area is 96.9 Å². The molecule has 0 saturated carbocycles. The number of likely N-dealkylation sites (tertiary alicyclic amines) is 1. The summed E-state index contributed by atoms with van der Waals surface area (Å²) in [5.74, 6) is 0.786. The van der Waals surface area contributed by atoms with Crippen LogP contribution in [0.3, 0.4) is 0 Å². The van der Waals surface area contributed by atoms with Gasteiger partial charge in [-0.15, -0.1) is 0 Å². The number of thiocarbonyl (C=S) groups is 1. The van der Waals surface area contributed by atoms with Gasteiger partial charge in [0.25, 0.3) is 0 Å². The minimum absolute atomic E-state index is 0.364. The molecule has 4 heteroatoms. The summed E-state index contributed by atoms with van der Waals surface area (Å²) in [4.78, 5) is 3.15. The fourth-order valence-electron chi connectivity index (χ4n) is 2.63. The van der Waals surface area contributed by atoms with E-state index in [-0.39, 0.29) is 0 Å². The van der Waals surface area contributed by atoms with Crippen molar-refractivity contribution in [3.63, 3.8) is 0 Å². The average Bonchev–Trinajstić information content (AvgIpc) is 2.67. The van der Waals surface area contributed by atoms with Gasteiger partial charge in [-0.3, -0.25) is 4.90 Å². The Bertz CT molecular complexity index is 229. The summed E-state index contributed by atoms with van der Waals surface area (Å²) in [6, 6.07) is 0.364. The molecule has 0 aromatic carbocycles. The third-order valence-corrected chi connectivity index (χ3v) is 3.80. The van der Waals surface area contributed by atoms with Crippen molar-refractivity contribution in [1.82, 2.24) is 4.90 Å². The van der Waals surface area contributed by atoms with E-state index in [1.807, 2.05) is 0 Å². The van der Waals surface area contributed by atoms with Crippen LogP contribution in [0.1, 0.15) is 25.7 Å². The number of ether oxygens (including phenoxy) is 1. The highest BCUT2D eigenvalue weighted by molar-refractivity contribution is 7.80. The molecule has 2 aliphatic rings. The van der Waals surface area contributed by atoms with Gasteiger partial charge in [0.1, 0.15) is 0 Å². The molecule has 0 bridgehead atoms. The van der Waals surface area contributed by atoms with Gasteiger partial charge in [0.2, 0.25) is 0 Å². The minimum atomic E-state index is 0.364. The molecule has 0 aromatic rings. The normalized spacial score (nSPS) is 29.5. The second kappa shape index (κ2) is 5.23. The molecule has 0 amide bonds. The van der Waals surface area contributed by atoms with Crippen LogP contribution in [-0.2, 0) is 4.74 Å². The van der Waals surface area contributed by atoms with Crippen LogP contribution in [0.25, 0.3) is 0 Å². The van der Waals surface area contributed by atoms with E-state index in [0.717, 1.165) is 32.1 Å². The van der Waals surface area contributed by atoms with Crippen molar-refractivity contribution in [3.05, 3.63) is 0 Å². The number of nitrogens with two attached hydrogens (primary N) is 1. The van der Waals surface area contributed by atoms with Gasteiger partial charge in [0, 0.05) is 19.8 Å². The van der Waals surface area contributed by atoms with Gasteiger partial charge in [-0.2, -0.15) is 0 Å². The van der Waals surface area contributed by atoms with Gasteiger partial charge in [0.15, 0.2) is 0 Å². The Hall–Kier alpha value is -0.190. The molecule has 1 atom stereocenters. The second-order valence-electron chi connectivity index (χ2n) is 4.61. The van der Waals surface area contributed by atoms with Crippen LogP contribution < -0.4 is 5.73 Å². The van der Waals surface area contributed by atoms with Crippen LogP contribution in [0.4, 0.5) is 0 Å². The monoisotopic (exact) mass is 228 g/mol. The average molecular weight is 228 g/mol. The van der Waals surface area contributed by atoms with E-state index in [0.29, 0.717) is 11.0 Å². The highest BCUT2D eigenvalue weighted by Crippen LogP contribution is 2.23. The lowest BCUT2D eigenvalue weighted by Crippen LogP contribution is -2.42. The van der Waals surface area contributed by atoms with Crippen molar-refractivity contribution in [2.75, 3.05) is 26.3 Å². The maximum Gasteiger partial charge on any atom is 0.0902 e. The first-order valence-electron chi connectivity index (χ1n) is 5.88. The molecule has 15 heavy (non-hydrogen) atoms. The quantitative estimate of drug-likeness (QED) is 0.736. The van der Waals surface area contributed by atoms with E-state index in [4.69, 9.17) is 22.7 Å². The predicted molar refractivity (Wildman–Crippen MR) is 64.9 cm³/mol. The summed E-state index contributed by atoms with van der Waals surface area (Å²) in [5, 5.41) is 0. The molecule has 2 heterocycles. The van der Waals surface area contributed by atoms with E-state index in [1.54, 1.807) is 0 Å². The van der Waals surface area contributed by atoms with Crippen LogP contribution in [0.2, 0.25) is 0 Å². The maximum absolute atomic E-state index is 5.76. The van der Waals surface area contributed by atoms with Gasteiger partial charge < -0.3 is 10.5 Å². The molecule has 2 aliphatic heterocycles. The van der Waals surface area contributed by atoms with Gasteiger partial charge in [0.05, 0.1) is 11.0 Å². The van der Waals surface area contributed by atoms with Crippen molar-refractivity contribution in [1.29, 1.82) is 0 Å². The first-order valence-corrected chi connectivity index (χ1v) is 6.29. The lowest BCUT2D eigenvalue weighted by molar-refractivity contribution is 0.0537. The number of rotatable bonds is 3. The number of hydrogen-bond donors (Lipinski definition) is 1. The SMILES string of the molecule is NC(=S)C1CCCN1CC1CCOCC1. The van der Waals surface area contributed by atoms with E-state index in [9.17, 15) is 0 Å². The highest BCUT2D eigenvalue weighted by Gasteiger charge is 2.28. The summed E-state index contributed by atoms with van der Waals surface area (Å²) in [6.45, 7) is 4.18. The first kappa shape index (κ1) is 11.3. The van der Waals surface area contributed by atoms with Crippen LogP contribution >= 0.6 is 12.2 Å². The number of nitrogens with zero attached hydrogens (tertiary/aromatic N) is 1. The van der Waals surface area contributed by atoms with E-state index in [1.165, 1.54) is 25.8 Å². The maximum atomic E-state index is 5.76. The molecule has 3 nitrogen and oxygen atoms in total. The molecule has 2 N–H and O–H groups in total. The molecular formula is C11H20N2OS. The summed E-state index contributed by atoms with van der Waals surface area (Å²) in [6.07, 6.45) is 4.78. The molecule has 2 saturated heterocycles. The minimum Gasteiger partial charge on any atom is -0.392 e. The zero-order chi connectivity index (χ0) is 10.7. The lowest BCUT2D eigenvalue weighted by atomic mass is 9.99. The van der Waals surface area contributed by atoms with Crippen LogP contribution in [0, 0.1) is 5.92 Å². The topological polar surface area (TPSA) is 38.5 Å². The van der Waals surface area contributed by atoms with E-state index >= 15 is 0 Å². The molecule has 0 aliphatic carbocycles. The van der Waals surface area contributed by atoms with Gasteiger partial charge >= 0.3 is 0 Å². The highest BCUT2D eigenvalue weighted by atomic mass is 32.1. The van der Waals surface area contributed by atoms with Crippen molar-refractivity contribution in [2.24, 2.45) is 11.7 Å². The molecule has 86 valence electrons. The smallest absolute Gasteiger partial charge is 0.0902 e. The Morgan fingerprint density at radius 2 is 2.07 bits per heavy atom. The summed E-state index contributed by atoms with van der Waals surface area (Å²) in [7, 11) is 0. The largest absolute Gasteiger partial charge is 0.392 e. The van der Waals surface area contributed by atoms with Crippen LogP contribution in [-0.4, -0.2) is 42.2 Å². The molecule has 0 spiro atoms. The van der Waals surface area contributed by atoms with Crippen LogP contribution in [0.5, 0.6) is 0 Å². The fourth-order valence-corrected chi connectivity index (χ4v) is 2.89. The number of hydrogen-bond acceptors (Lipinski definition) is 3. The fraction of sp³-hybridized carbons (Fsp3) is 0.909. The Balaban J connectivity index is 1.84. The Morgan fingerprint density at radius 3 is 2.73 bits per heavy atom. The lowest BCUT2D eigenvalue weighted by Gasteiger charge is -2.30. The Kier molecular flexibility index (Phi) is 3.94. The summed E-state index contributed by atoms with van der Waals surface area (Å²) < 4.78 is 5.37. The van der Waals surface area contributed by atoms with Gasteiger partial charge in [-0.1, -0.05) is 12.2 Å². The third-order valence-electron chi connectivity index (χ3n) is 3.53. The van der Waals surface area contributed by atoms with E-state index < -0.39 is 0 Å². The second-order valence-corrected chi connectivity index (χ2v) is 5.08. The molecule has 2 fully saturated rings. The molecular weight excluding hydrogens is 208 g/mol. The standard InChI is InChI=1S/C11H20N2OS/c12-11(15)10-2-1-5-13(10)8-9-3-6-14-7-4-9/h9-10H,1-8H2,(H2,12,15). The molecule has 1 unspecified atom stereocenters. The van der Waals surface area contributed by atoms with E-state index in [2.05, 4.69) is 4.90 Å². The van der Waals surface area contributed by atoms with Crippen molar-refractivity contribution < 1.29 is 4.74 Å².